The monoisotopic (exact) mass is 208 g/mol. The van der Waals surface area contributed by atoms with Crippen molar-refractivity contribution in [1.29, 1.82) is 0 Å². The minimum absolute atomic E-state index is 0.300. The molecule has 74 valence electrons. The maximum Gasteiger partial charge on any atom is 0.122 e. The van der Waals surface area contributed by atoms with Crippen LogP contribution in [-0.2, 0) is 12.8 Å². The molecule has 0 unspecified atom stereocenters. The molecule has 0 aliphatic rings. The molecule has 1 N–H and O–H groups in total. The van der Waals surface area contributed by atoms with Gasteiger partial charge in [0, 0.05) is 5.02 Å². The van der Waals surface area contributed by atoms with E-state index in [1.807, 2.05) is 0 Å². The van der Waals surface area contributed by atoms with Crippen LogP contribution in [0.4, 0.5) is 0 Å². The van der Waals surface area contributed by atoms with Crippen LogP contribution in [0.1, 0.15) is 11.1 Å². The van der Waals surface area contributed by atoms with Gasteiger partial charge < -0.3 is 5.11 Å². The van der Waals surface area contributed by atoms with Crippen molar-refractivity contribution < 1.29 is 5.11 Å². The van der Waals surface area contributed by atoms with Crippen molar-refractivity contribution >= 4 is 11.6 Å². The lowest BCUT2D eigenvalue weighted by atomic mass is 10.0. The van der Waals surface area contributed by atoms with Crippen molar-refractivity contribution in [2.75, 3.05) is 0 Å². The first kappa shape index (κ1) is 10.9. The number of allylic oxidation sites excluding steroid dienone is 2. The molecule has 1 aromatic carbocycles. The minimum atomic E-state index is 0.300. The van der Waals surface area contributed by atoms with Crippen LogP contribution in [0.2, 0.25) is 5.02 Å². The number of hydrogen-bond acceptors (Lipinski definition) is 1. The summed E-state index contributed by atoms with van der Waals surface area (Å²) in [5.41, 5.74) is 1.62. The van der Waals surface area contributed by atoms with Crippen LogP contribution in [-0.4, -0.2) is 5.11 Å². The molecule has 0 saturated carbocycles. The Morgan fingerprint density at radius 2 is 1.57 bits per heavy atom. The summed E-state index contributed by atoms with van der Waals surface area (Å²) in [7, 11) is 0. The Bertz CT molecular complexity index is 324. The normalized spacial score (nSPS) is 9.79. The molecule has 0 saturated heterocycles. The van der Waals surface area contributed by atoms with Crippen LogP contribution >= 0.6 is 11.6 Å². The smallest absolute Gasteiger partial charge is 0.122 e. The van der Waals surface area contributed by atoms with Crippen LogP contribution < -0.4 is 0 Å². The van der Waals surface area contributed by atoms with Crippen molar-refractivity contribution in [3.05, 3.63) is 53.6 Å². The van der Waals surface area contributed by atoms with Crippen LogP contribution in [0.5, 0.6) is 5.75 Å². The zero-order valence-corrected chi connectivity index (χ0v) is 8.72. The highest BCUT2D eigenvalue weighted by Gasteiger charge is 2.06. The van der Waals surface area contributed by atoms with Gasteiger partial charge in [-0.15, -0.1) is 13.2 Å². The van der Waals surface area contributed by atoms with Crippen LogP contribution in [0.25, 0.3) is 0 Å². The fourth-order valence-electron chi connectivity index (χ4n) is 1.34. The second-order valence-corrected chi connectivity index (χ2v) is 3.49. The Morgan fingerprint density at radius 1 is 1.14 bits per heavy atom. The van der Waals surface area contributed by atoms with Crippen LogP contribution in [0, 0.1) is 0 Å². The van der Waals surface area contributed by atoms with Gasteiger partial charge in [0.2, 0.25) is 0 Å². The number of phenolic OH excluding ortho intramolecular Hbond substituents is 1. The van der Waals surface area contributed by atoms with Crippen LogP contribution in [0.15, 0.2) is 37.4 Å². The molecule has 0 amide bonds. The molecule has 0 heterocycles. The Labute approximate surface area is 89.3 Å². The highest BCUT2D eigenvalue weighted by molar-refractivity contribution is 6.30. The van der Waals surface area contributed by atoms with E-state index < -0.39 is 0 Å². The van der Waals surface area contributed by atoms with Crippen molar-refractivity contribution in [1.82, 2.24) is 0 Å². The van der Waals surface area contributed by atoms with Crippen molar-refractivity contribution in [3.8, 4) is 5.75 Å². The lowest BCUT2D eigenvalue weighted by Gasteiger charge is -2.07. The molecule has 0 aliphatic carbocycles. The molecule has 0 fully saturated rings. The number of hydrogen-bond donors (Lipinski definition) is 1. The van der Waals surface area contributed by atoms with Crippen molar-refractivity contribution in [3.63, 3.8) is 0 Å². The first-order valence-corrected chi connectivity index (χ1v) is 4.79. The predicted octanol–water partition coefficient (Wildman–Crippen LogP) is 3.50. The van der Waals surface area contributed by atoms with Gasteiger partial charge in [-0.1, -0.05) is 23.8 Å². The molecule has 0 spiro atoms. The molecule has 14 heavy (non-hydrogen) atoms. The Kier molecular flexibility index (Phi) is 3.78. The average Bonchev–Trinajstić information content (AvgIpc) is 2.14. The van der Waals surface area contributed by atoms with E-state index in [1.165, 1.54) is 0 Å². The van der Waals surface area contributed by atoms with Gasteiger partial charge in [-0.25, -0.2) is 0 Å². The van der Waals surface area contributed by atoms with Gasteiger partial charge in [-0.05, 0) is 36.1 Å². The Hall–Kier alpha value is -1.21. The lowest BCUT2D eigenvalue weighted by molar-refractivity contribution is 0.464. The number of benzene rings is 1. The molecule has 1 rings (SSSR count). The summed E-state index contributed by atoms with van der Waals surface area (Å²) < 4.78 is 0. The van der Waals surface area contributed by atoms with E-state index in [1.54, 1.807) is 24.3 Å². The zero-order valence-electron chi connectivity index (χ0n) is 7.96. The molecule has 1 aromatic rings. The van der Waals surface area contributed by atoms with E-state index in [4.69, 9.17) is 11.6 Å². The third-order valence-corrected chi connectivity index (χ3v) is 2.18. The summed E-state index contributed by atoms with van der Waals surface area (Å²) in [5.74, 6) is 0.300. The molecule has 0 aromatic heterocycles. The van der Waals surface area contributed by atoms with Gasteiger partial charge >= 0.3 is 0 Å². The topological polar surface area (TPSA) is 20.2 Å². The summed E-state index contributed by atoms with van der Waals surface area (Å²) in [6.07, 6.45) is 4.72. The van der Waals surface area contributed by atoms with E-state index in [2.05, 4.69) is 13.2 Å². The number of phenols is 1. The maximum atomic E-state index is 9.82. The number of aromatic hydroxyl groups is 1. The fourth-order valence-corrected chi connectivity index (χ4v) is 1.60. The van der Waals surface area contributed by atoms with E-state index in [0.717, 1.165) is 11.1 Å². The van der Waals surface area contributed by atoms with Gasteiger partial charge in [0.15, 0.2) is 0 Å². The minimum Gasteiger partial charge on any atom is -0.507 e. The predicted molar refractivity (Wildman–Crippen MR) is 60.9 cm³/mol. The van der Waals surface area contributed by atoms with Gasteiger partial charge in [0.25, 0.3) is 0 Å². The molecular formula is C12H13ClO. The molecule has 0 bridgehead atoms. The molecular weight excluding hydrogens is 196 g/mol. The first-order valence-electron chi connectivity index (χ1n) is 4.41. The van der Waals surface area contributed by atoms with Gasteiger partial charge in [0.1, 0.15) is 5.75 Å². The standard InChI is InChI=1S/C12H13ClO/c1-3-5-9-7-11(13)8-10(6-4-2)12(9)14/h3-4,7-8,14H,1-2,5-6H2. The second kappa shape index (κ2) is 4.87. The van der Waals surface area contributed by atoms with Gasteiger partial charge in [-0.2, -0.15) is 0 Å². The second-order valence-electron chi connectivity index (χ2n) is 3.06. The molecule has 0 aliphatic heterocycles. The quantitative estimate of drug-likeness (QED) is 0.751. The van der Waals surface area contributed by atoms with E-state index >= 15 is 0 Å². The Morgan fingerprint density at radius 3 is 1.93 bits per heavy atom. The molecule has 1 nitrogen and oxygen atoms in total. The van der Waals surface area contributed by atoms with Crippen molar-refractivity contribution in [2.45, 2.75) is 12.8 Å². The SMILES string of the molecule is C=CCc1cc(Cl)cc(CC=C)c1O. The summed E-state index contributed by atoms with van der Waals surface area (Å²) in [6, 6.07) is 3.51. The highest BCUT2D eigenvalue weighted by Crippen LogP contribution is 2.28. The van der Waals surface area contributed by atoms with Crippen LogP contribution in [0.3, 0.4) is 0 Å². The molecule has 0 radical (unpaired) electrons. The third kappa shape index (κ3) is 2.39. The van der Waals surface area contributed by atoms with Gasteiger partial charge in [0.05, 0.1) is 0 Å². The maximum absolute atomic E-state index is 9.82. The Balaban J connectivity index is 3.16. The zero-order chi connectivity index (χ0) is 10.6. The summed E-state index contributed by atoms with van der Waals surface area (Å²) in [5, 5.41) is 10.5. The molecule has 0 atom stereocenters. The van der Waals surface area contributed by atoms with Crippen molar-refractivity contribution in [2.24, 2.45) is 0 Å². The van der Waals surface area contributed by atoms with E-state index in [-0.39, 0.29) is 0 Å². The highest BCUT2D eigenvalue weighted by atomic mass is 35.5. The first-order chi connectivity index (χ1) is 6.69. The summed E-state index contributed by atoms with van der Waals surface area (Å²) in [4.78, 5) is 0. The van der Waals surface area contributed by atoms with E-state index in [0.29, 0.717) is 23.6 Å². The lowest BCUT2D eigenvalue weighted by Crippen LogP contribution is -1.89. The fraction of sp³-hybridized carbons (Fsp3) is 0.167. The molecule has 2 heteroatoms. The van der Waals surface area contributed by atoms with E-state index in [9.17, 15) is 5.11 Å². The summed E-state index contributed by atoms with van der Waals surface area (Å²) in [6.45, 7) is 7.26. The largest absolute Gasteiger partial charge is 0.507 e. The summed E-state index contributed by atoms with van der Waals surface area (Å²) >= 11 is 5.91. The third-order valence-electron chi connectivity index (χ3n) is 1.96. The van der Waals surface area contributed by atoms with Gasteiger partial charge in [-0.3, -0.25) is 0 Å². The number of halogens is 1. The number of rotatable bonds is 4. The average molecular weight is 209 g/mol.